The van der Waals surface area contributed by atoms with Gasteiger partial charge in [-0.2, -0.15) is 0 Å². The largest absolute Gasteiger partial charge is 0.317 e. The Labute approximate surface area is 124 Å². The molecule has 20 heavy (non-hydrogen) atoms. The van der Waals surface area contributed by atoms with Crippen LogP contribution in [0.1, 0.15) is 57.8 Å². The molecule has 3 nitrogen and oxygen atoms in total. The summed E-state index contributed by atoms with van der Waals surface area (Å²) in [7, 11) is 0. The minimum atomic E-state index is 0.400. The Morgan fingerprint density at radius 1 is 0.600 bits per heavy atom. The summed E-state index contributed by atoms with van der Waals surface area (Å²) in [6.45, 7) is 5.98. The fraction of sp³-hybridized carbons (Fsp3) is 1.00. The number of piperazine rings is 1. The third kappa shape index (κ3) is 3.20. The molecule has 3 N–H and O–H groups in total. The number of rotatable bonds is 2. The molecular formula is C17H33N3. The van der Waals surface area contributed by atoms with E-state index >= 15 is 0 Å². The molecule has 3 rings (SSSR count). The second kappa shape index (κ2) is 7.24. The third-order valence-corrected chi connectivity index (χ3v) is 6.07. The lowest BCUT2D eigenvalue weighted by atomic mass is 9.65. The monoisotopic (exact) mass is 279 g/mol. The number of hydrogen-bond acceptors (Lipinski definition) is 3. The summed E-state index contributed by atoms with van der Waals surface area (Å²) in [5, 5.41) is 11.3. The van der Waals surface area contributed by atoms with Crippen LogP contribution in [0.3, 0.4) is 0 Å². The second-order valence-electron chi connectivity index (χ2n) is 7.21. The average Bonchev–Trinajstić information content (AvgIpc) is 2.48. The highest BCUT2D eigenvalue weighted by Crippen LogP contribution is 2.39. The van der Waals surface area contributed by atoms with Crippen molar-refractivity contribution in [2.24, 2.45) is 11.8 Å². The van der Waals surface area contributed by atoms with Gasteiger partial charge in [-0.15, -0.1) is 0 Å². The van der Waals surface area contributed by atoms with Gasteiger partial charge < -0.3 is 16.0 Å². The van der Waals surface area contributed by atoms with E-state index in [1.165, 1.54) is 84.0 Å². The van der Waals surface area contributed by atoms with Crippen molar-refractivity contribution >= 4 is 0 Å². The van der Waals surface area contributed by atoms with Gasteiger partial charge in [-0.25, -0.2) is 0 Å². The summed E-state index contributed by atoms with van der Waals surface area (Å²) in [5.41, 5.74) is 0.400. The van der Waals surface area contributed by atoms with E-state index in [1.54, 1.807) is 0 Å². The van der Waals surface area contributed by atoms with E-state index in [-0.39, 0.29) is 0 Å². The Balaban J connectivity index is 1.75. The van der Waals surface area contributed by atoms with Gasteiger partial charge in [-0.3, -0.25) is 0 Å². The predicted octanol–water partition coefficient (Wildman–Crippen LogP) is 2.28. The molecule has 0 aromatic carbocycles. The Morgan fingerprint density at radius 3 is 1.90 bits per heavy atom. The van der Waals surface area contributed by atoms with E-state index in [1.807, 2.05) is 0 Å². The normalized spacial score (nSPS) is 35.4. The van der Waals surface area contributed by atoms with Crippen LogP contribution in [0, 0.1) is 11.8 Å². The van der Waals surface area contributed by atoms with E-state index < -0.39 is 0 Å². The fourth-order valence-corrected chi connectivity index (χ4v) is 4.96. The molecule has 0 radical (unpaired) electrons. The zero-order valence-electron chi connectivity index (χ0n) is 13.1. The number of hydrogen-bond donors (Lipinski definition) is 3. The molecule has 1 saturated carbocycles. The molecular weight excluding hydrogens is 246 g/mol. The number of piperidine rings is 1. The zero-order valence-corrected chi connectivity index (χ0v) is 13.1. The molecule has 1 unspecified atom stereocenters. The van der Waals surface area contributed by atoms with Crippen LogP contribution in [0.25, 0.3) is 0 Å². The summed E-state index contributed by atoms with van der Waals surface area (Å²) >= 11 is 0. The Morgan fingerprint density at radius 2 is 1.25 bits per heavy atom. The lowest BCUT2D eigenvalue weighted by Crippen LogP contribution is -2.67. The van der Waals surface area contributed by atoms with Gasteiger partial charge in [-0.05, 0) is 50.6 Å². The zero-order chi connectivity index (χ0) is 13.7. The molecule has 2 saturated heterocycles. The molecule has 3 heteroatoms. The summed E-state index contributed by atoms with van der Waals surface area (Å²) in [6.07, 6.45) is 13.0. The minimum absolute atomic E-state index is 0.400. The Hall–Kier alpha value is -0.120. The van der Waals surface area contributed by atoms with Crippen molar-refractivity contribution in [2.75, 3.05) is 32.7 Å². The van der Waals surface area contributed by atoms with Gasteiger partial charge in [0.2, 0.25) is 0 Å². The molecule has 0 aromatic heterocycles. The first kappa shape index (κ1) is 14.8. The van der Waals surface area contributed by atoms with Gasteiger partial charge in [0, 0.05) is 25.2 Å². The summed E-state index contributed by atoms with van der Waals surface area (Å²) < 4.78 is 0. The first-order valence-electron chi connectivity index (χ1n) is 9.08. The molecule has 1 aliphatic carbocycles. The molecule has 3 aliphatic rings. The topological polar surface area (TPSA) is 36.1 Å². The van der Waals surface area contributed by atoms with Gasteiger partial charge in [0.25, 0.3) is 0 Å². The van der Waals surface area contributed by atoms with Crippen molar-refractivity contribution in [1.82, 2.24) is 16.0 Å². The maximum Gasteiger partial charge on any atom is 0.0364 e. The van der Waals surface area contributed by atoms with E-state index in [0.29, 0.717) is 5.54 Å². The highest BCUT2D eigenvalue weighted by Gasteiger charge is 2.45. The van der Waals surface area contributed by atoms with Crippen LogP contribution in [0.2, 0.25) is 0 Å². The van der Waals surface area contributed by atoms with Crippen LogP contribution in [0.5, 0.6) is 0 Å². The van der Waals surface area contributed by atoms with Crippen LogP contribution < -0.4 is 16.0 Å². The second-order valence-corrected chi connectivity index (χ2v) is 7.21. The Bertz CT molecular complexity index is 272. The van der Waals surface area contributed by atoms with Gasteiger partial charge in [0.15, 0.2) is 0 Å². The molecule has 2 aliphatic heterocycles. The van der Waals surface area contributed by atoms with Crippen molar-refractivity contribution in [3.63, 3.8) is 0 Å². The van der Waals surface area contributed by atoms with E-state index in [9.17, 15) is 0 Å². The summed E-state index contributed by atoms with van der Waals surface area (Å²) in [5.74, 6) is 1.78. The highest BCUT2D eigenvalue weighted by atomic mass is 15.1. The van der Waals surface area contributed by atoms with Crippen LogP contribution in [0.15, 0.2) is 0 Å². The summed E-state index contributed by atoms with van der Waals surface area (Å²) in [6, 6.07) is 0. The maximum absolute atomic E-state index is 4.03. The van der Waals surface area contributed by atoms with E-state index in [2.05, 4.69) is 16.0 Å². The lowest BCUT2D eigenvalue weighted by molar-refractivity contribution is 0.0643. The van der Waals surface area contributed by atoms with Gasteiger partial charge in [-0.1, -0.05) is 32.1 Å². The third-order valence-electron chi connectivity index (χ3n) is 6.07. The average molecular weight is 279 g/mol. The fourth-order valence-electron chi connectivity index (χ4n) is 4.96. The van der Waals surface area contributed by atoms with Crippen molar-refractivity contribution in [2.45, 2.75) is 63.3 Å². The first-order valence-corrected chi connectivity index (χ1v) is 9.08. The molecule has 116 valence electrons. The van der Waals surface area contributed by atoms with E-state index in [4.69, 9.17) is 0 Å². The maximum atomic E-state index is 4.03. The number of nitrogens with one attached hydrogen (secondary N) is 3. The van der Waals surface area contributed by atoms with Crippen LogP contribution >= 0.6 is 0 Å². The highest BCUT2D eigenvalue weighted by molar-refractivity contribution is 5.04. The smallest absolute Gasteiger partial charge is 0.0364 e. The Kier molecular flexibility index (Phi) is 5.36. The lowest BCUT2D eigenvalue weighted by Gasteiger charge is -2.51. The van der Waals surface area contributed by atoms with Crippen LogP contribution in [0.4, 0.5) is 0 Å². The van der Waals surface area contributed by atoms with E-state index in [0.717, 1.165) is 18.4 Å². The van der Waals surface area contributed by atoms with Crippen molar-refractivity contribution in [3.05, 3.63) is 0 Å². The molecule has 3 fully saturated rings. The van der Waals surface area contributed by atoms with Crippen LogP contribution in [-0.2, 0) is 0 Å². The molecule has 0 aromatic rings. The molecule has 1 atom stereocenters. The molecule has 2 heterocycles. The van der Waals surface area contributed by atoms with Gasteiger partial charge in [0.1, 0.15) is 0 Å². The first-order chi connectivity index (χ1) is 9.92. The van der Waals surface area contributed by atoms with Gasteiger partial charge >= 0.3 is 0 Å². The quantitative estimate of drug-likeness (QED) is 0.726. The SMILES string of the molecule is C1CCCC(C2(C3CCNCC3)CNCCN2)CCC1. The predicted molar refractivity (Wildman–Crippen MR) is 85.0 cm³/mol. The van der Waals surface area contributed by atoms with Crippen molar-refractivity contribution in [1.29, 1.82) is 0 Å². The molecule has 0 spiro atoms. The standard InChI is InChI=1S/C17H33N3/c1-2-4-6-15(7-5-3-1)17(14-19-12-13-20-17)16-8-10-18-11-9-16/h15-16,18-20H,1-14H2. The minimum Gasteiger partial charge on any atom is -0.317 e. The van der Waals surface area contributed by atoms with Crippen molar-refractivity contribution < 1.29 is 0 Å². The van der Waals surface area contributed by atoms with Crippen LogP contribution in [-0.4, -0.2) is 38.3 Å². The molecule has 0 bridgehead atoms. The van der Waals surface area contributed by atoms with Crippen molar-refractivity contribution in [3.8, 4) is 0 Å². The van der Waals surface area contributed by atoms with Gasteiger partial charge in [0.05, 0.1) is 0 Å². The summed E-state index contributed by atoms with van der Waals surface area (Å²) in [4.78, 5) is 0. The molecule has 0 amide bonds.